The first-order valence-corrected chi connectivity index (χ1v) is 8.53. The SMILES string of the molecule is CN(C)C(=O)CN(C)C(=O)C[NH+]1CCN(c2ccccc2Cl)CC1. The third-order valence-electron chi connectivity index (χ3n) is 4.36. The minimum Gasteiger partial charge on any atom is -0.359 e. The number of rotatable bonds is 5. The predicted octanol–water partition coefficient (Wildman–Crippen LogP) is -0.408. The zero-order valence-corrected chi connectivity index (χ0v) is 15.3. The van der Waals surface area contributed by atoms with Crippen LogP contribution in [0.1, 0.15) is 0 Å². The lowest BCUT2D eigenvalue weighted by atomic mass is 10.2. The Balaban J connectivity index is 1.81. The number of likely N-dealkylation sites (N-methyl/N-ethyl adjacent to an activating group) is 2. The highest BCUT2D eigenvalue weighted by molar-refractivity contribution is 6.33. The van der Waals surface area contributed by atoms with Crippen molar-refractivity contribution in [2.45, 2.75) is 0 Å². The Morgan fingerprint density at radius 1 is 1.12 bits per heavy atom. The first-order chi connectivity index (χ1) is 11.4. The number of piperazine rings is 1. The van der Waals surface area contributed by atoms with Gasteiger partial charge in [0.05, 0.1) is 43.4 Å². The summed E-state index contributed by atoms with van der Waals surface area (Å²) in [6.07, 6.45) is 0. The van der Waals surface area contributed by atoms with Gasteiger partial charge in [-0.1, -0.05) is 23.7 Å². The second-order valence-electron chi connectivity index (χ2n) is 6.40. The monoisotopic (exact) mass is 353 g/mol. The topological polar surface area (TPSA) is 48.3 Å². The van der Waals surface area contributed by atoms with Crippen LogP contribution in [-0.2, 0) is 9.59 Å². The summed E-state index contributed by atoms with van der Waals surface area (Å²) < 4.78 is 0. The molecule has 0 atom stereocenters. The fraction of sp³-hybridized carbons (Fsp3) is 0.529. The van der Waals surface area contributed by atoms with Crippen LogP contribution in [0.15, 0.2) is 24.3 Å². The molecule has 0 radical (unpaired) electrons. The van der Waals surface area contributed by atoms with Crippen LogP contribution in [0.4, 0.5) is 5.69 Å². The van der Waals surface area contributed by atoms with E-state index in [4.69, 9.17) is 11.6 Å². The molecule has 1 saturated heterocycles. The summed E-state index contributed by atoms with van der Waals surface area (Å²) in [5, 5.41) is 0.763. The number of para-hydroxylation sites is 1. The summed E-state index contributed by atoms with van der Waals surface area (Å²) in [6.45, 7) is 4.05. The van der Waals surface area contributed by atoms with E-state index in [0.29, 0.717) is 6.54 Å². The van der Waals surface area contributed by atoms with E-state index in [2.05, 4.69) is 4.90 Å². The second kappa shape index (κ2) is 8.35. The Bertz CT molecular complexity index is 586. The van der Waals surface area contributed by atoms with Gasteiger partial charge in [0.2, 0.25) is 5.91 Å². The summed E-state index contributed by atoms with van der Waals surface area (Å²) >= 11 is 6.25. The van der Waals surface area contributed by atoms with E-state index in [1.165, 1.54) is 14.7 Å². The number of carbonyl (C=O) groups excluding carboxylic acids is 2. The number of benzene rings is 1. The van der Waals surface area contributed by atoms with Crippen LogP contribution in [-0.4, -0.2) is 82.0 Å². The molecular formula is C17H26ClN4O2+. The van der Waals surface area contributed by atoms with E-state index in [-0.39, 0.29) is 18.4 Å². The fourth-order valence-electron chi connectivity index (χ4n) is 2.73. The van der Waals surface area contributed by atoms with Gasteiger partial charge in [0.25, 0.3) is 5.91 Å². The van der Waals surface area contributed by atoms with Crippen molar-refractivity contribution >= 4 is 29.1 Å². The Morgan fingerprint density at radius 2 is 1.75 bits per heavy atom. The lowest BCUT2D eigenvalue weighted by Crippen LogP contribution is -3.15. The van der Waals surface area contributed by atoms with Gasteiger partial charge in [0.1, 0.15) is 0 Å². The molecule has 1 aliphatic heterocycles. The molecule has 1 aromatic rings. The van der Waals surface area contributed by atoms with E-state index in [1.54, 1.807) is 21.1 Å². The van der Waals surface area contributed by atoms with Crippen LogP contribution in [0.2, 0.25) is 5.02 Å². The highest BCUT2D eigenvalue weighted by Crippen LogP contribution is 2.24. The summed E-state index contributed by atoms with van der Waals surface area (Å²) in [5.41, 5.74) is 1.05. The Labute approximate surface area is 148 Å². The molecule has 1 aliphatic rings. The number of amides is 2. The quantitative estimate of drug-likeness (QED) is 0.783. The first-order valence-electron chi connectivity index (χ1n) is 8.15. The van der Waals surface area contributed by atoms with Crippen LogP contribution >= 0.6 is 11.6 Å². The molecule has 1 aromatic carbocycles. The van der Waals surface area contributed by atoms with E-state index in [9.17, 15) is 9.59 Å². The number of hydrogen-bond acceptors (Lipinski definition) is 3. The van der Waals surface area contributed by atoms with Crippen molar-refractivity contribution < 1.29 is 14.5 Å². The van der Waals surface area contributed by atoms with Crippen molar-refractivity contribution in [1.82, 2.24) is 9.80 Å². The van der Waals surface area contributed by atoms with Crippen molar-refractivity contribution in [2.75, 3.05) is 65.3 Å². The average molecular weight is 354 g/mol. The van der Waals surface area contributed by atoms with Gasteiger partial charge in [-0.25, -0.2) is 0 Å². The second-order valence-corrected chi connectivity index (χ2v) is 6.81. The van der Waals surface area contributed by atoms with E-state index in [0.717, 1.165) is 36.9 Å². The maximum absolute atomic E-state index is 12.3. The van der Waals surface area contributed by atoms with Crippen molar-refractivity contribution in [3.63, 3.8) is 0 Å². The molecule has 7 heteroatoms. The van der Waals surface area contributed by atoms with Crippen LogP contribution in [0.25, 0.3) is 0 Å². The Morgan fingerprint density at radius 3 is 2.33 bits per heavy atom. The molecule has 24 heavy (non-hydrogen) atoms. The molecule has 0 aromatic heterocycles. The van der Waals surface area contributed by atoms with Gasteiger partial charge in [0.15, 0.2) is 6.54 Å². The lowest BCUT2D eigenvalue weighted by Gasteiger charge is -2.34. The fourth-order valence-corrected chi connectivity index (χ4v) is 2.99. The lowest BCUT2D eigenvalue weighted by molar-refractivity contribution is -0.892. The highest BCUT2D eigenvalue weighted by Gasteiger charge is 2.25. The van der Waals surface area contributed by atoms with Gasteiger partial charge in [0, 0.05) is 21.1 Å². The maximum Gasteiger partial charge on any atom is 0.277 e. The van der Waals surface area contributed by atoms with Crippen molar-refractivity contribution in [2.24, 2.45) is 0 Å². The molecule has 132 valence electrons. The average Bonchev–Trinajstić information content (AvgIpc) is 2.56. The minimum atomic E-state index is -0.0654. The standard InChI is InChI=1S/C17H25ClN4O2/c1-19(2)16(23)12-20(3)17(24)13-21-8-10-22(11-9-21)15-7-5-4-6-14(15)18/h4-7H,8-13H2,1-3H3/p+1. The van der Waals surface area contributed by atoms with E-state index >= 15 is 0 Å². The van der Waals surface area contributed by atoms with Gasteiger partial charge in [-0.05, 0) is 12.1 Å². The van der Waals surface area contributed by atoms with Crippen molar-refractivity contribution in [3.05, 3.63) is 29.3 Å². The van der Waals surface area contributed by atoms with Crippen LogP contribution in [0, 0.1) is 0 Å². The summed E-state index contributed by atoms with van der Waals surface area (Å²) in [7, 11) is 5.07. The number of quaternary nitrogens is 1. The van der Waals surface area contributed by atoms with E-state index in [1.807, 2.05) is 24.3 Å². The normalized spacial score (nSPS) is 15.2. The molecule has 6 nitrogen and oxygen atoms in total. The number of nitrogens with zero attached hydrogens (tertiary/aromatic N) is 3. The molecule has 2 amide bonds. The van der Waals surface area contributed by atoms with Gasteiger partial charge in [-0.15, -0.1) is 0 Å². The van der Waals surface area contributed by atoms with Crippen molar-refractivity contribution in [1.29, 1.82) is 0 Å². The largest absolute Gasteiger partial charge is 0.359 e. The number of halogens is 1. The Hall–Kier alpha value is -1.79. The first kappa shape index (κ1) is 18.5. The zero-order valence-electron chi connectivity index (χ0n) is 14.6. The molecule has 0 bridgehead atoms. The highest BCUT2D eigenvalue weighted by atomic mass is 35.5. The molecule has 1 heterocycles. The molecule has 0 aliphatic carbocycles. The van der Waals surface area contributed by atoms with Crippen molar-refractivity contribution in [3.8, 4) is 0 Å². The predicted molar refractivity (Wildman–Crippen MR) is 95.6 cm³/mol. The molecule has 2 rings (SSSR count). The summed E-state index contributed by atoms with van der Waals surface area (Å²) in [5.74, 6) is -0.0595. The zero-order chi connectivity index (χ0) is 17.7. The summed E-state index contributed by atoms with van der Waals surface area (Å²) in [4.78, 5) is 30.5. The summed E-state index contributed by atoms with van der Waals surface area (Å²) in [6, 6.07) is 7.84. The minimum absolute atomic E-state index is 0.00592. The smallest absolute Gasteiger partial charge is 0.277 e. The number of nitrogens with one attached hydrogen (secondary N) is 1. The molecule has 1 N–H and O–H groups in total. The number of hydrogen-bond donors (Lipinski definition) is 1. The number of anilines is 1. The van der Waals surface area contributed by atoms with Gasteiger partial charge >= 0.3 is 0 Å². The maximum atomic E-state index is 12.3. The van der Waals surface area contributed by atoms with Crippen LogP contribution in [0.5, 0.6) is 0 Å². The van der Waals surface area contributed by atoms with Crippen LogP contribution in [0.3, 0.4) is 0 Å². The number of carbonyl (C=O) groups is 2. The molecule has 1 fully saturated rings. The van der Waals surface area contributed by atoms with E-state index < -0.39 is 0 Å². The molecule has 0 unspecified atom stereocenters. The Kier molecular flexibility index (Phi) is 6.45. The third kappa shape index (κ3) is 4.85. The van der Waals surface area contributed by atoms with Crippen LogP contribution < -0.4 is 9.80 Å². The molecule has 0 saturated carbocycles. The van der Waals surface area contributed by atoms with Gasteiger partial charge in [-0.2, -0.15) is 0 Å². The molecular weight excluding hydrogens is 328 g/mol. The third-order valence-corrected chi connectivity index (χ3v) is 4.68. The molecule has 0 spiro atoms. The van der Waals surface area contributed by atoms with Gasteiger partial charge < -0.3 is 19.6 Å². The van der Waals surface area contributed by atoms with Gasteiger partial charge in [-0.3, -0.25) is 9.59 Å².